The number of nitrogens with one attached hydrogen (secondary N) is 1. The topological polar surface area (TPSA) is 102 Å². The van der Waals surface area contributed by atoms with Crippen LogP contribution in [-0.4, -0.2) is 44.9 Å². The summed E-state index contributed by atoms with van der Waals surface area (Å²) >= 11 is 0. The number of nitrogen functional groups attached to an aromatic ring is 1. The number of hydrogen-bond donors (Lipinski definition) is 2. The highest BCUT2D eigenvalue weighted by Crippen LogP contribution is 2.17. The largest absolute Gasteiger partial charge is 0.399 e. The van der Waals surface area contributed by atoms with Crippen LogP contribution >= 0.6 is 0 Å². The van der Waals surface area contributed by atoms with Gasteiger partial charge in [0.05, 0.1) is 18.1 Å². The summed E-state index contributed by atoms with van der Waals surface area (Å²) in [4.78, 5) is 12.3. The first kappa shape index (κ1) is 18.4. The highest BCUT2D eigenvalue weighted by Gasteiger charge is 2.26. The summed E-state index contributed by atoms with van der Waals surface area (Å²) in [5, 5.41) is 2.80. The van der Waals surface area contributed by atoms with E-state index in [1.54, 1.807) is 48.5 Å². The summed E-state index contributed by atoms with van der Waals surface area (Å²) in [7, 11) is -3.50. The van der Waals surface area contributed by atoms with Crippen molar-refractivity contribution in [3.63, 3.8) is 0 Å². The van der Waals surface area contributed by atoms with Crippen molar-refractivity contribution < 1.29 is 17.9 Å². The molecule has 8 heteroatoms. The third-order valence-electron chi connectivity index (χ3n) is 4.16. The third kappa shape index (κ3) is 4.21. The van der Waals surface area contributed by atoms with E-state index in [1.165, 1.54) is 4.31 Å². The number of anilines is 1. The molecule has 0 unspecified atom stereocenters. The number of rotatable bonds is 5. The van der Waals surface area contributed by atoms with Gasteiger partial charge in [-0.25, -0.2) is 8.42 Å². The number of amides is 1. The van der Waals surface area contributed by atoms with Gasteiger partial charge in [-0.3, -0.25) is 4.79 Å². The van der Waals surface area contributed by atoms with Gasteiger partial charge < -0.3 is 15.8 Å². The van der Waals surface area contributed by atoms with Gasteiger partial charge in [-0.1, -0.05) is 12.1 Å². The van der Waals surface area contributed by atoms with Crippen molar-refractivity contribution in [2.75, 3.05) is 32.0 Å². The maximum atomic E-state index is 12.6. The second kappa shape index (κ2) is 7.86. The van der Waals surface area contributed by atoms with Gasteiger partial charge in [0.25, 0.3) is 5.91 Å². The Morgan fingerprint density at radius 2 is 1.65 bits per heavy atom. The quantitative estimate of drug-likeness (QED) is 0.765. The van der Waals surface area contributed by atoms with E-state index >= 15 is 0 Å². The summed E-state index contributed by atoms with van der Waals surface area (Å²) in [6, 6.07) is 13.2. The summed E-state index contributed by atoms with van der Waals surface area (Å²) in [6.07, 6.45) is 0. The highest BCUT2D eigenvalue weighted by atomic mass is 32.2. The SMILES string of the molecule is Nc1ccc(C(=O)NCc2ccc(S(=O)(=O)N3CCOCC3)cc2)cc1. The lowest BCUT2D eigenvalue weighted by molar-refractivity contribution is 0.0730. The van der Waals surface area contributed by atoms with Crippen LogP contribution in [-0.2, 0) is 21.3 Å². The van der Waals surface area contributed by atoms with E-state index in [9.17, 15) is 13.2 Å². The molecule has 2 aromatic rings. The van der Waals surface area contributed by atoms with Crippen molar-refractivity contribution in [3.8, 4) is 0 Å². The number of carbonyl (C=O) groups excluding carboxylic acids is 1. The average Bonchev–Trinajstić information content (AvgIpc) is 2.67. The van der Waals surface area contributed by atoms with Gasteiger partial charge in [0.1, 0.15) is 0 Å². The van der Waals surface area contributed by atoms with E-state index < -0.39 is 10.0 Å². The van der Waals surface area contributed by atoms with Gasteiger partial charge in [-0.05, 0) is 42.0 Å². The molecule has 1 aliphatic rings. The fourth-order valence-corrected chi connectivity index (χ4v) is 4.04. The number of sulfonamides is 1. The molecular weight excluding hydrogens is 354 g/mol. The Morgan fingerprint density at radius 3 is 2.27 bits per heavy atom. The molecule has 0 saturated carbocycles. The molecule has 0 spiro atoms. The Morgan fingerprint density at radius 1 is 1.04 bits per heavy atom. The Kier molecular flexibility index (Phi) is 5.55. The lowest BCUT2D eigenvalue weighted by atomic mass is 10.2. The van der Waals surface area contributed by atoms with Crippen molar-refractivity contribution in [1.29, 1.82) is 0 Å². The monoisotopic (exact) mass is 375 g/mol. The minimum absolute atomic E-state index is 0.213. The van der Waals surface area contributed by atoms with Crippen LogP contribution in [0.4, 0.5) is 5.69 Å². The van der Waals surface area contributed by atoms with E-state index in [2.05, 4.69) is 5.32 Å². The molecule has 0 atom stereocenters. The zero-order chi connectivity index (χ0) is 18.6. The highest BCUT2D eigenvalue weighted by molar-refractivity contribution is 7.89. The fourth-order valence-electron chi connectivity index (χ4n) is 2.63. The van der Waals surface area contributed by atoms with Crippen molar-refractivity contribution in [1.82, 2.24) is 9.62 Å². The molecule has 0 radical (unpaired) electrons. The number of benzene rings is 2. The molecule has 3 rings (SSSR count). The molecule has 1 heterocycles. The van der Waals surface area contributed by atoms with E-state index in [4.69, 9.17) is 10.5 Å². The van der Waals surface area contributed by atoms with E-state index in [0.717, 1.165) is 5.56 Å². The summed E-state index contributed by atoms with van der Waals surface area (Å²) in [5.74, 6) is -0.213. The molecule has 0 aromatic heterocycles. The molecule has 0 aliphatic carbocycles. The van der Waals surface area contributed by atoms with Crippen LogP contribution in [0.1, 0.15) is 15.9 Å². The van der Waals surface area contributed by atoms with Crippen molar-refractivity contribution in [2.45, 2.75) is 11.4 Å². The minimum atomic E-state index is -3.50. The van der Waals surface area contributed by atoms with Crippen LogP contribution in [0.2, 0.25) is 0 Å². The molecule has 1 aliphatic heterocycles. The molecule has 138 valence electrons. The van der Waals surface area contributed by atoms with Crippen LogP contribution < -0.4 is 11.1 Å². The van der Waals surface area contributed by atoms with Crippen LogP contribution in [0, 0.1) is 0 Å². The molecule has 1 fully saturated rings. The second-order valence-electron chi connectivity index (χ2n) is 5.97. The molecule has 2 aromatic carbocycles. The molecule has 26 heavy (non-hydrogen) atoms. The molecular formula is C18H21N3O4S. The van der Waals surface area contributed by atoms with Gasteiger partial charge in [0, 0.05) is 30.9 Å². The molecule has 1 amide bonds. The lowest BCUT2D eigenvalue weighted by Crippen LogP contribution is -2.40. The Labute approximate surface area is 152 Å². The zero-order valence-corrected chi connectivity index (χ0v) is 15.0. The van der Waals surface area contributed by atoms with Gasteiger partial charge in [0.2, 0.25) is 10.0 Å². The van der Waals surface area contributed by atoms with Crippen LogP contribution in [0.5, 0.6) is 0 Å². The summed E-state index contributed by atoms with van der Waals surface area (Å²) in [6.45, 7) is 1.85. The molecule has 3 N–H and O–H groups in total. The van der Waals surface area contributed by atoms with Crippen LogP contribution in [0.25, 0.3) is 0 Å². The lowest BCUT2D eigenvalue weighted by Gasteiger charge is -2.26. The van der Waals surface area contributed by atoms with Gasteiger partial charge in [-0.15, -0.1) is 0 Å². The predicted molar refractivity (Wildman–Crippen MR) is 98.0 cm³/mol. The Hall–Kier alpha value is -2.42. The van der Waals surface area contributed by atoms with Crippen molar-refractivity contribution >= 4 is 21.6 Å². The second-order valence-corrected chi connectivity index (χ2v) is 7.90. The number of carbonyl (C=O) groups is 1. The smallest absolute Gasteiger partial charge is 0.251 e. The summed E-state index contributed by atoms with van der Waals surface area (Å²) in [5.41, 5.74) is 7.53. The molecule has 0 bridgehead atoms. The third-order valence-corrected chi connectivity index (χ3v) is 6.07. The van der Waals surface area contributed by atoms with E-state index in [0.29, 0.717) is 44.1 Å². The fraction of sp³-hybridized carbons (Fsp3) is 0.278. The van der Waals surface area contributed by atoms with Crippen molar-refractivity contribution in [3.05, 3.63) is 59.7 Å². The maximum absolute atomic E-state index is 12.6. The first-order valence-corrected chi connectivity index (χ1v) is 9.71. The van der Waals surface area contributed by atoms with Gasteiger partial charge >= 0.3 is 0 Å². The minimum Gasteiger partial charge on any atom is -0.399 e. The van der Waals surface area contributed by atoms with Gasteiger partial charge in [-0.2, -0.15) is 4.31 Å². The normalized spacial score (nSPS) is 15.5. The predicted octanol–water partition coefficient (Wildman–Crippen LogP) is 1.22. The maximum Gasteiger partial charge on any atom is 0.251 e. The number of nitrogens with zero attached hydrogens (tertiary/aromatic N) is 1. The molecule has 7 nitrogen and oxygen atoms in total. The average molecular weight is 375 g/mol. The number of ether oxygens (including phenoxy) is 1. The number of hydrogen-bond acceptors (Lipinski definition) is 5. The van der Waals surface area contributed by atoms with E-state index in [-0.39, 0.29) is 10.8 Å². The first-order chi connectivity index (χ1) is 12.5. The van der Waals surface area contributed by atoms with Crippen LogP contribution in [0.15, 0.2) is 53.4 Å². The first-order valence-electron chi connectivity index (χ1n) is 8.27. The van der Waals surface area contributed by atoms with Gasteiger partial charge in [0.15, 0.2) is 0 Å². The summed E-state index contributed by atoms with van der Waals surface area (Å²) < 4.78 is 31.8. The van der Waals surface area contributed by atoms with Crippen molar-refractivity contribution in [2.24, 2.45) is 0 Å². The Bertz CT molecular complexity index is 858. The Balaban J connectivity index is 1.62. The zero-order valence-electron chi connectivity index (χ0n) is 14.2. The standard InChI is InChI=1S/C18H21N3O4S/c19-16-5-3-15(4-6-16)18(22)20-13-14-1-7-17(8-2-14)26(23,24)21-9-11-25-12-10-21/h1-8H,9-13,19H2,(H,20,22). The molecule has 1 saturated heterocycles. The number of nitrogens with two attached hydrogens (primary N) is 1. The van der Waals surface area contributed by atoms with E-state index in [1.807, 2.05) is 0 Å². The van der Waals surface area contributed by atoms with Crippen LogP contribution in [0.3, 0.4) is 0 Å². The number of morpholine rings is 1.